The summed E-state index contributed by atoms with van der Waals surface area (Å²) in [6.07, 6.45) is 5.35. The predicted octanol–water partition coefficient (Wildman–Crippen LogP) is 2.63. The van der Waals surface area contributed by atoms with Crippen LogP contribution in [-0.2, 0) is 12.8 Å². The van der Waals surface area contributed by atoms with Crippen LogP contribution in [0.2, 0.25) is 0 Å². The van der Waals surface area contributed by atoms with Crippen molar-refractivity contribution in [2.24, 2.45) is 5.73 Å². The molecule has 106 valence electrons. The van der Waals surface area contributed by atoms with Crippen molar-refractivity contribution in [3.63, 3.8) is 0 Å². The number of hydrogen-bond acceptors (Lipinski definition) is 3. The highest BCUT2D eigenvalue weighted by Gasteiger charge is 2.06. The summed E-state index contributed by atoms with van der Waals surface area (Å²) in [5.74, 6) is -0.653. The van der Waals surface area contributed by atoms with Gasteiger partial charge in [0.2, 0.25) is 0 Å². The molecule has 2 aromatic rings. The van der Waals surface area contributed by atoms with Crippen LogP contribution in [-0.4, -0.2) is 16.0 Å². The first kappa shape index (κ1) is 14.5. The Balaban J connectivity index is 2.06. The molecule has 1 heterocycles. The Morgan fingerprint density at radius 1 is 1.05 bits per heavy atom. The molecule has 3 nitrogen and oxygen atoms in total. The van der Waals surface area contributed by atoms with E-state index in [1.54, 1.807) is 12.4 Å². The van der Waals surface area contributed by atoms with Gasteiger partial charge in [-0.2, -0.15) is 0 Å². The third-order valence-corrected chi connectivity index (χ3v) is 3.07. The molecule has 0 amide bonds. The van der Waals surface area contributed by atoms with Gasteiger partial charge < -0.3 is 5.73 Å². The summed E-state index contributed by atoms with van der Waals surface area (Å²) in [6.45, 7) is 2.03. The van der Waals surface area contributed by atoms with E-state index in [2.05, 4.69) is 9.97 Å². The summed E-state index contributed by atoms with van der Waals surface area (Å²) < 4.78 is 26.2. The van der Waals surface area contributed by atoms with Gasteiger partial charge in [-0.1, -0.05) is 6.92 Å². The molecular formula is C15H17F2N3. The second-order valence-electron chi connectivity index (χ2n) is 4.83. The SMILES string of the molecule is CCC(N)Cc1cnc(Cc2cc(F)cc(F)c2)nc1. The van der Waals surface area contributed by atoms with Gasteiger partial charge in [0.1, 0.15) is 17.5 Å². The Bertz CT molecular complexity index is 550. The maximum absolute atomic E-state index is 13.1. The minimum absolute atomic E-state index is 0.0989. The zero-order valence-electron chi connectivity index (χ0n) is 11.3. The van der Waals surface area contributed by atoms with Gasteiger partial charge in [-0.15, -0.1) is 0 Å². The lowest BCUT2D eigenvalue weighted by Crippen LogP contribution is -2.21. The van der Waals surface area contributed by atoms with Gasteiger partial charge in [0, 0.05) is 30.9 Å². The van der Waals surface area contributed by atoms with Crippen molar-refractivity contribution in [2.45, 2.75) is 32.2 Å². The number of benzene rings is 1. The van der Waals surface area contributed by atoms with Crippen LogP contribution >= 0.6 is 0 Å². The first-order chi connectivity index (χ1) is 9.56. The van der Waals surface area contributed by atoms with Gasteiger partial charge in [0.25, 0.3) is 0 Å². The molecule has 0 aliphatic heterocycles. The largest absolute Gasteiger partial charge is 0.327 e. The van der Waals surface area contributed by atoms with Crippen LogP contribution in [0, 0.1) is 11.6 Å². The van der Waals surface area contributed by atoms with Gasteiger partial charge in [-0.05, 0) is 36.1 Å². The smallest absolute Gasteiger partial charge is 0.132 e. The number of halogens is 2. The molecule has 1 atom stereocenters. The van der Waals surface area contributed by atoms with Crippen molar-refractivity contribution in [3.05, 3.63) is 59.2 Å². The van der Waals surface area contributed by atoms with E-state index in [1.807, 2.05) is 6.92 Å². The van der Waals surface area contributed by atoms with Gasteiger partial charge >= 0.3 is 0 Å². The number of hydrogen-bond donors (Lipinski definition) is 1. The fraction of sp³-hybridized carbons (Fsp3) is 0.333. The highest BCUT2D eigenvalue weighted by molar-refractivity contribution is 5.21. The highest BCUT2D eigenvalue weighted by Crippen LogP contribution is 2.11. The summed E-state index contributed by atoms with van der Waals surface area (Å²) in [4.78, 5) is 8.42. The van der Waals surface area contributed by atoms with Crippen molar-refractivity contribution in [1.82, 2.24) is 9.97 Å². The molecule has 1 unspecified atom stereocenters. The van der Waals surface area contributed by atoms with Crippen LogP contribution in [0.15, 0.2) is 30.6 Å². The van der Waals surface area contributed by atoms with E-state index in [0.717, 1.165) is 24.5 Å². The van der Waals surface area contributed by atoms with Crippen LogP contribution in [0.5, 0.6) is 0 Å². The summed E-state index contributed by atoms with van der Waals surface area (Å²) in [6, 6.07) is 3.52. The molecule has 0 fully saturated rings. The van der Waals surface area contributed by atoms with E-state index < -0.39 is 11.6 Å². The molecule has 0 radical (unpaired) electrons. The Morgan fingerprint density at radius 3 is 2.20 bits per heavy atom. The normalized spacial score (nSPS) is 12.4. The second-order valence-corrected chi connectivity index (χ2v) is 4.83. The van der Waals surface area contributed by atoms with Crippen LogP contribution in [0.3, 0.4) is 0 Å². The fourth-order valence-electron chi connectivity index (χ4n) is 1.92. The minimum Gasteiger partial charge on any atom is -0.327 e. The van der Waals surface area contributed by atoms with Gasteiger partial charge in [-0.3, -0.25) is 0 Å². The van der Waals surface area contributed by atoms with Crippen LogP contribution < -0.4 is 5.73 Å². The van der Waals surface area contributed by atoms with Gasteiger partial charge in [-0.25, -0.2) is 18.7 Å². The highest BCUT2D eigenvalue weighted by atomic mass is 19.1. The minimum atomic E-state index is -0.592. The van der Waals surface area contributed by atoms with Crippen molar-refractivity contribution in [1.29, 1.82) is 0 Å². The molecule has 0 aliphatic carbocycles. The summed E-state index contributed by atoms with van der Waals surface area (Å²) >= 11 is 0. The average Bonchev–Trinajstić information content (AvgIpc) is 2.39. The lowest BCUT2D eigenvalue weighted by molar-refractivity contribution is 0.580. The Labute approximate surface area is 116 Å². The van der Waals surface area contributed by atoms with Gasteiger partial charge in [0.05, 0.1) is 0 Å². The molecular weight excluding hydrogens is 260 g/mol. The number of aromatic nitrogens is 2. The van der Waals surface area contributed by atoms with E-state index in [4.69, 9.17) is 5.73 Å². The zero-order valence-corrected chi connectivity index (χ0v) is 11.3. The Kier molecular flexibility index (Phi) is 4.74. The quantitative estimate of drug-likeness (QED) is 0.914. The third kappa shape index (κ3) is 4.06. The third-order valence-electron chi connectivity index (χ3n) is 3.07. The molecule has 2 rings (SSSR count). The summed E-state index contributed by atoms with van der Waals surface area (Å²) in [7, 11) is 0. The molecule has 20 heavy (non-hydrogen) atoms. The number of nitrogens with two attached hydrogens (primary N) is 1. The topological polar surface area (TPSA) is 51.8 Å². The molecule has 0 spiro atoms. The van der Waals surface area contributed by atoms with Crippen LogP contribution in [0.4, 0.5) is 8.78 Å². The molecule has 1 aromatic carbocycles. The standard InChI is InChI=1S/C15H17F2N3/c1-2-14(18)5-11-8-19-15(20-9-11)6-10-3-12(16)7-13(17)4-10/h3-4,7-9,14H,2,5-6,18H2,1H3. The Hall–Kier alpha value is -1.88. The van der Waals surface area contributed by atoms with E-state index in [1.165, 1.54) is 12.1 Å². The zero-order chi connectivity index (χ0) is 14.5. The average molecular weight is 277 g/mol. The van der Waals surface area contributed by atoms with E-state index in [-0.39, 0.29) is 6.04 Å². The summed E-state index contributed by atoms with van der Waals surface area (Å²) in [5.41, 5.74) is 7.34. The second kappa shape index (κ2) is 6.52. The molecule has 5 heteroatoms. The van der Waals surface area contributed by atoms with Crippen molar-refractivity contribution >= 4 is 0 Å². The van der Waals surface area contributed by atoms with Crippen molar-refractivity contribution in [2.75, 3.05) is 0 Å². The first-order valence-electron chi connectivity index (χ1n) is 6.57. The van der Waals surface area contributed by atoms with Crippen molar-refractivity contribution in [3.8, 4) is 0 Å². The lowest BCUT2D eigenvalue weighted by Gasteiger charge is -2.08. The monoisotopic (exact) mass is 277 g/mol. The number of rotatable bonds is 5. The van der Waals surface area contributed by atoms with E-state index in [0.29, 0.717) is 17.8 Å². The molecule has 0 saturated carbocycles. The van der Waals surface area contributed by atoms with Crippen LogP contribution in [0.25, 0.3) is 0 Å². The molecule has 0 aliphatic rings. The maximum Gasteiger partial charge on any atom is 0.132 e. The maximum atomic E-state index is 13.1. The molecule has 0 saturated heterocycles. The van der Waals surface area contributed by atoms with E-state index in [9.17, 15) is 8.78 Å². The summed E-state index contributed by atoms with van der Waals surface area (Å²) in [5, 5.41) is 0. The molecule has 2 N–H and O–H groups in total. The predicted molar refractivity (Wildman–Crippen MR) is 73.2 cm³/mol. The molecule has 0 bridgehead atoms. The Morgan fingerprint density at radius 2 is 1.65 bits per heavy atom. The van der Waals surface area contributed by atoms with Crippen LogP contribution in [0.1, 0.15) is 30.3 Å². The fourth-order valence-corrected chi connectivity index (χ4v) is 1.92. The van der Waals surface area contributed by atoms with E-state index >= 15 is 0 Å². The number of nitrogens with zero attached hydrogens (tertiary/aromatic N) is 2. The molecule has 1 aromatic heterocycles. The van der Waals surface area contributed by atoms with Gasteiger partial charge in [0.15, 0.2) is 0 Å². The van der Waals surface area contributed by atoms with Crippen molar-refractivity contribution < 1.29 is 8.78 Å². The lowest BCUT2D eigenvalue weighted by atomic mass is 10.1. The first-order valence-corrected chi connectivity index (χ1v) is 6.57.